The fourth-order valence-electron chi connectivity index (χ4n) is 2.41. The Kier molecular flexibility index (Phi) is 8.82. The highest BCUT2D eigenvalue weighted by molar-refractivity contribution is 9.10. The zero-order valence-electron chi connectivity index (χ0n) is 17.9. The van der Waals surface area contributed by atoms with Crippen LogP contribution in [0.4, 0.5) is 0 Å². The highest BCUT2D eigenvalue weighted by Crippen LogP contribution is 2.24. The molecule has 0 aromatic heterocycles. The number of thiocarbonyl (C=S) groups is 1. The van der Waals surface area contributed by atoms with Crippen molar-refractivity contribution < 1.29 is 19.1 Å². The maximum atomic E-state index is 12.0. The lowest BCUT2D eigenvalue weighted by molar-refractivity contribution is -0.124. The summed E-state index contributed by atoms with van der Waals surface area (Å²) in [5.74, 6) is 0.246. The number of hydrazine groups is 1. The van der Waals surface area contributed by atoms with E-state index in [0.29, 0.717) is 11.5 Å². The Bertz CT molecular complexity index is 943. The van der Waals surface area contributed by atoms with Crippen molar-refractivity contribution in [3.63, 3.8) is 0 Å². The smallest absolute Gasteiger partial charge is 0.276 e. The van der Waals surface area contributed by atoms with Gasteiger partial charge in [0.1, 0.15) is 11.5 Å². The highest BCUT2D eigenvalue weighted by Gasteiger charge is 2.13. The van der Waals surface area contributed by atoms with Crippen LogP contribution in [0.25, 0.3) is 0 Å². The number of carbonyl (C=O) groups excluding carboxylic acids is 2. The zero-order chi connectivity index (χ0) is 23.0. The molecule has 0 unspecified atom stereocenters. The van der Waals surface area contributed by atoms with E-state index in [0.717, 1.165) is 10.0 Å². The molecular weight excluding hydrogens is 482 g/mol. The van der Waals surface area contributed by atoms with Gasteiger partial charge in [-0.15, -0.1) is 0 Å². The molecule has 0 atom stereocenters. The number of hydrogen-bond acceptors (Lipinski definition) is 5. The normalized spacial score (nSPS) is 10.7. The summed E-state index contributed by atoms with van der Waals surface area (Å²) in [5.41, 5.74) is 7.01. The number of halogens is 1. The van der Waals surface area contributed by atoms with Crippen molar-refractivity contribution in [1.29, 1.82) is 0 Å². The Morgan fingerprint density at radius 3 is 2.13 bits per heavy atom. The third kappa shape index (κ3) is 8.55. The van der Waals surface area contributed by atoms with Crippen LogP contribution in [0.3, 0.4) is 0 Å². The summed E-state index contributed by atoms with van der Waals surface area (Å²) < 4.78 is 11.8. The minimum Gasteiger partial charge on any atom is -0.484 e. The van der Waals surface area contributed by atoms with E-state index in [1.54, 1.807) is 6.07 Å². The molecule has 0 heterocycles. The molecule has 0 saturated heterocycles. The number of hydrogen-bond donors (Lipinski definition) is 3. The summed E-state index contributed by atoms with van der Waals surface area (Å²) in [6.07, 6.45) is 0. The van der Waals surface area contributed by atoms with E-state index in [9.17, 15) is 9.59 Å². The summed E-state index contributed by atoms with van der Waals surface area (Å²) in [6.45, 7) is 7.87. The Labute approximate surface area is 196 Å². The number of ether oxygens (including phenoxy) is 2. The number of rotatable bonds is 6. The van der Waals surface area contributed by atoms with Gasteiger partial charge in [0.25, 0.3) is 11.8 Å². The molecule has 0 spiro atoms. The Morgan fingerprint density at radius 1 is 0.935 bits per heavy atom. The van der Waals surface area contributed by atoms with Crippen LogP contribution in [0, 0.1) is 6.92 Å². The van der Waals surface area contributed by atoms with Gasteiger partial charge in [0.2, 0.25) is 0 Å². The van der Waals surface area contributed by atoms with Crippen molar-refractivity contribution in [3.8, 4) is 11.5 Å². The van der Waals surface area contributed by atoms with E-state index >= 15 is 0 Å². The average Bonchev–Trinajstić information content (AvgIpc) is 2.71. The summed E-state index contributed by atoms with van der Waals surface area (Å²) in [6, 6.07) is 13.0. The van der Waals surface area contributed by atoms with E-state index in [1.165, 1.54) is 5.56 Å². The van der Waals surface area contributed by atoms with Gasteiger partial charge in [-0.2, -0.15) is 0 Å². The lowest BCUT2D eigenvalue weighted by Gasteiger charge is -2.19. The fraction of sp³-hybridized carbons (Fsp3) is 0.318. The van der Waals surface area contributed by atoms with Crippen molar-refractivity contribution in [1.82, 2.24) is 16.2 Å². The highest BCUT2D eigenvalue weighted by atomic mass is 79.9. The molecule has 9 heteroatoms. The van der Waals surface area contributed by atoms with E-state index in [1.807, 2.05) is 43.3 Å². The number of carbonyl (C=O) groups is 2. The number of aryl methyl sites for hydroxylation is 1. The SMILES string of the molecule is Cc1cc(OCC(=O)NNC(=S)NC(=O)COc2ccc(C(C)(C)C)cc2)ccc1Br. The first-order chi connectivity index (χ1) is 14.5. The van der Waals surface area contributed by atoms with E-state index in [4.69, 9.17) is 21.7 Å². The van der Waals surface area contributed by atoms with Crippen molar-refractivity contribution in [2.75, 3.05) is 13.2 Å². The second-order valence-corrected chi connectivity index (χ2v) is 9.08. The molecule has 2 aromatic rings. The van der Waals surface area contributed by atoms with Crippen LogP contribution in [-0.2, 0) is 15.0 Å². The molecule has 2 rings (SSSR count). The van der Waals surface area contributed by atoms with Crippen LogP contribution >= 0.6 is 28.1 Å². The summed E-state index contributed by atoms with van der Waals surface area (Å²) in [5, 5.41) is 2.37. The fourth-order valence-corrected chi connectivity index (χ4v) is 2.82. The minimum atomic E-state index is -0.452. The summed E-state index contributed by atoms with van der Waals surface area (Å²) >= 11 is 8.39. The maximum absolute atomic E-state index is 12.0. The van der Waals surface area contributed by atoms with Crippen LogP contribution < -0.4 is 25.6 Å². The molecule has 166 valence electrons. The number of amides is 2. The zero-order valence-corrected chi connectivity index (χ0v) is 20.3. The van der Waals surface area contributed by atoms with Crippen molar-refractivity contribution >= 4 is 45.1 Å². The van der Waals surface area contributed by atoms with Crippen LogP contribution in [0.15, 0.2) is 46.9 Å². The molecule has 3 N–H and O–H groups in total. The molecule has 0 radical (unpaired) electrons. The van der Waals surface area contributed by atoms with Gasteiger partial charge < -0.3 is 9.47 Å². The van der Waals surface area contributed by atoms with E-state index < -0.39 is 11.8 Å². The largest absolute Gasteiger partial charge is 0.484 e. The monoisotopic (exact) mass is 507 g/mol. The van der Waals surface area contributed by atoms with Crippen molar-refractivity contribution in [2.24, 2.45) is 0 Å². The molecule has 0 aliphatic rings. The van der Waals surface area contributed by atoms with E-state index in [2.05, 4.69) is 52.9 Å². The van der Waals surface area contributed by atoms with Gasteiger partial charge in [-0.25, -0.2) is 0 Å². The first-order valence-corrected chi connectivity index (χ1v) is 10.8. The molecule has 31 heavy (non-hydrogen) atoms. The van der Waals surface area contributed by atoms with Crippen molar-refractivity contribution in [2.45, 2.75) is 33.1 Å². The lowest BCUT2D eigenvalue weighted by atomic mass is 9.87. The summed E-state index contributed by atoms with van der Waals surface area (Å²) in [4.78, 5) is 23.8. The maximum Gasteiger partial charge on any atom is 0.276 e. The molecule has 0 fully saturated rings. The standard InChI is InChI=1S/C22H26BrN3O4S/c1-14-11-17(9-10-18(14)23)30-13-20(28)25-26-21(31)24-19(27)12-29-16-7-5-15(6-8-16)22(2,3)4/h5-11H,12-13H2,1-4H3,(H,25,28)(H2,24,26,27,31). The van der Waals surface area contributed by atoms with Gasteiger partial charge in [0, 0.05) is 4.47 Å². The van der Waals surface area contributed by atoms with Gasteiger partial charge in [0.15, 0.2) is 18.3 Å². The second kappa shape index (κ2) is 11.1. The predicted molar refractivity (Wildman–Crippen MR) is 127 cm³/mol. The van der Waals surface area contributed by atoms with Crippen LogP contribution in [0.1, 0.15) is 31.9 Å². The van der Waals surface area contributed by atoms with Gasteiger partial charge in [0.05, 0.1) is 0 Å². The molecule has 2 amide bonds. The molecule has 0 aliphatic heterocycles. The van der Waals surface area contributed by atoms with Crippen LogP contribution in [0.2, 0.25) is 0 Å². The number of nitrogens with one attached hydrogen (secondary N) is 3. The van der Waals surface area contributed by atoms with Gasteiger partial charge in [-0.1, -0.05) is 48.8 Å². The Balaban J connectivity index is 1.67. The second-order valence-electron chi connectivity index (χ2n) is 7.81. The van der Waals surface area contributed by atoms with Crippen molar-refractivity contribution in [3.05, 3.63) is 58.1 Å². The number of benzene rings is 2. The molecule has 7 nitrogen and oxygen atoms in total. The van der Waals surface area contributed by atoms with Crippen LogP contribution in [-0.4, -0.2) is 30.1 Å². The lowest BCUT2D eigenvalue weighted by Crippen LogP contribution is -2.50. The molecular formula is C22H26BrN3O4S. The van der Waals surface area contributed by atoms with Gasteiger partial charge >= 0.3 is 0 Å². The topological polar surface area (TPSA) is 88.7 Å². The third-order valence-corrected chi connectivity index (χ3v) is 5.25. The predicted octanol–water partition coefficient (Wildman–Crippen LogP) is 3.53. The Hall–Kier alpha value is -2.65. The first-order valence-electron chi connectivity index (χ1n) is 9.55. The first kappa shape index (κ1) is 24.6. The Morgan fingerprint density at radius 2 is 1.52 bits per heavy atom. The van der Waals surface area contributed by atoms with E-state index in [-0.39, 0.29) is 23.7 Å². The minimum absolute atomic E-state index is 0.0421. The molecule has 2 aromatic carbocycles. The average molecular weight is 508 g/mol. The van der Waals surface area contributed by atoms with Gasteiger partial charge in [-0.05, 0) is 66.0 Å². The van der Waals surface area contributed by atoms with Gasteiger partial charge in [-0.3, -0.25) is 25.8 Å². The van der Waals surface area contributed by atoms with Crippen LogP contribution in [0.5, 0.6) is 11.5 Å². The quantitative estimate of drug-likeness (QED) is 0.409. The molecule has 0 bridgehead atoms. The molecule has 0 saturated carbocycles. The molecule has 0 aliphatic carbocycles. The third-order valence-electron chi connectivity index (χ3n) is 4.16. The summed E-state index contributed by atoms with van der Waals surface area (Å²) in [7, 11) is 0.